The van der Waals surface area contributed by atoms with Crippen molar-refractivity contribution >= 4 is 52.0 Å². The number of hydrogen-bond donors (Lipinski definition) is 2. The molecule has 396 valence electrons. The lowest BCUT2D eigenvalue weighted by molar-refractivity contribution is -0.137. The Hall–Kier alpha value is -7.75. The largest absolute Gasteiger partial charge is 0.416 e. The van der Waals surface area contributed by atoms with Crippen LogP contribution in [0.4, 0.5) is 30.4 Å². The second kappa shape index (κ2) is 25.9. The van der Waals surface area contributed by atoms with Crippen LogP contribution in [-0.2, 0) is 45.1 Å². The first-order chi connectivity index (χ1) is 36.8. The van der Waals surface area contributed by atoms with Crippen molar-refractivity contribution in [3.63, 3.8) is 0 Å². The van der Waals surface area contributed by atoms with Gasteiger partial charge in [-0.3, -0.25) is 0 Å². The van der Waals surface area contributed by atoms with Gasteiger partial charge in [-0.1, -0.05) is 52.5 Å². The molecule has 11 rings (SSSR count). The number of fused-ring (bicyclic) bond motifs is 3. The van der Waals surface area contributed by atoms with Gasteiger partial charge in [-0.2, -0.15) is 29.0 Å². The number of nitrogens with zero attached hydrogens (tertiary/aromatic N) is 12. The number of nitrogens with one attached hydrogen (secondary N) is 1. The molecule has 0 amide bonds. The topological polar surface area (TPSA) is 202 Å². The second-order valence-corrected chi connectivity index (χ2v) is 19.7. The van der Waals surface area contributed by atoms with Crippen LogP contribution < -0.4 is 11.1 Å². The minimum Gasteiger partial charge on any atom is -0.399 e. The molecular formula is C57H56Cl3F3N14. The van der Waals surface area contributed by atoms with Gasteiger partial charge < -0.3 is 24.8 Å². The van der Waals surface area contributed by atoms with E-state index in [2.05, 4.69) is 74.9 Å². The summed E-state index contributed by atoms with van der Waals surface area (Å²) >= 11 is 17.0. The van der Waals surface area contributed by atoms with Gasteiger partial charge in [0.2, 0.25) is 0 Å². The van der Waals surface area contributed by atoms with E-state index in [1.54, 1.807) is 24.3 Å². The number of aryl methyl sites for hydroxylation is 7. The third-order valence-electron chi connectivity index (χ3n) is 12.9. The fraction of sp³-hybridized carbons (Fsp3) is 0.316. The minimum absolute atomic E-state index is 0.240. The molecule has 0 aliphatic carbocycles. The number of nitrogen functional groups attached to an aromatic ring is 1. The molecule has 0 saturated carbocycles. The van der Waals surface area contributed by atoms with E-state index in [0.717, 1.165) is 103 Å². The van der Waals surface area contributed by atoms with Gasteiger partial charge in [0.05, 0.1) is 80.3 Å². The molecule has 0 unspecified atom stereocenters. The molecule has 3 aliphatic heterocycles. The van der Waals surface area contributed by atoms with E-state index in [9.17, 15) is 18.4 Å². The summed E-state index contributed by atoms with van der Waals surface area (Å²) in [5.74, 6) is 3.82. The van der Waals surface area contributed by atoms with Crippen molar-refractivity contribution in [2.24, 2.45) is 0 Å². The summed E-state index contributed by atoms with van der Waals surface area (Å²) in [6.45, 7) is 13.2. The van der Waals surface area contributed by atoms with Crippen molar-refractivity contribution < 1.29 is 13.2 Å². The summed E-state index contributed by atoms with van der Waals surface area (Å²) in [5, 5.41) is 30.7. The Morgan fingerprint density at radius 3 is 1.42 bits per heavy atom. The zero-order chi connectivity index (χ0) is 55.4. The molecule has 2 aromatic carbocycles. The molecule has 20 heteroatoms. The van der Waals surface area contributed by atoms with Crippen LogP contribution in [-0.4, -0.2) is 43.6 Å². The van der Waals surface area contributed by atoms with E-state index in [4.69, 9.17) is 51.1 Å². The number of nitrogens with two attached hydrogens (primary N) is 1. The van der Waals surface area contributed by atoms with Crippen molar-refractivity contribution in [2.75, 3.05) is 11.1 Å². The molecule has 9 heterocycles. The maximum Gasteiger partial charge on any atom is 0.416 e. The van der Waals surface area contributed by atoms with E-state index in [1.807, 2.05) is 51.1 Å². The van der Waals surface area contributed by atoms with Crippen LogP contribution in [0, 0.1) is 68.6 Å². The first-order valence-electron chi connectivity index (χ1n) is 25.0. The normalized spacial score (nSPS) is 13.0. The summed E-state index contributed by atoms with van der Waals surface area (Å²) in [5.41, 5.74) is 16.2. The van der Waals surface area contributed by atoms with Crippen LogP contribution in [0.25, 0.3) is 22.8 Å². The van der Waals surface area contributed by atoms with Gasteiger partial charge in [0.15, 0.2) is 0 Å². The zero-order valence-corrected chi connectivity index (χ0v) is 45.5. The number of rotatable bonds is 4. The van der Waals surface area contributed by atoms with Gasteiger partial charge in [-0.05, 0) is 146 Å². The average Bonchev–Trinajstić information content (AvgIpc) is 4.05. The van der Waals surface area contributed by atoms with Gasteiger partial charge in [0.25, 0.3) is 0 Å². The second-order valence-electron chi connectivity index (χ2n) is 18.6. The van der Waals surface area contributed by atoms with E-state index in [1.165, 1.54) is 79.3 Å². The molecule has 6 aromatic heterocycles. The lowest BCUT2D eigenvalue weighted by atomic mass is 10.1. The number of halogens is 6. The number of anilines is 3. The highest BCUT2D eigenvalue weighted by Gasteiger charge is 2.30. The zero-order valence-electron chi connectivity index (χ0n) is 43.3. The maximum absolute atomic E-state index is 12.8. The van der Waals surface area contributed by atoms with Crippen LogP contribution in [0.5, 0.6) is 0 Å². The van der Waals surface area contributed by atoms with Gasteiger partial charge in [0, 0.05) is 56.0 Å². The SMILES string of the molecule is Cc1ccc(N)cc1.Cc1nc2n(c1-c1cc(C#N)cc(Cl)n1)CCCC2.Cc1nc2n(c1-c1cc(C#N)cc(Nc3ccc(C(F)(F)F)cc3)n1)CCCC2.Cc1nc2n(c1C)CCCC2.N#Cc1cc(Cl)nc(Cl)c1. The van der Waals surface area contributed by atoms with Gasteiger partial charge >= 0.3 is 6.18 Å². The Morgan fingerprint density at radius 1 is 0.519 bits per heavy atom. The summed E-state index contributed by atoms with van der Waals surface area (Å²) in [7, 11) is 0. The predicted octanol–water partition coefficient (Wildman–Crippen LogP) is 14.0. The summed E-state index contributed by atoms with van der Waals surface area (Å²) in [6.07, 6.45) is 5.84. The van der Waals surface area contributed by atoms with E-state index in [0.29, 0.717) is 39.0 Å². The fourth-order valence-electron chi connectivity index (χ4n) is 9.09. The third kappa shape index (κ3) is 15.0. The van der Waals surface area contributed by atoms with E-state index in [-0.39, 0.29) is 10.3 Å². The molecule has 0 bridgehead atoms. The molecule has 0 saturated heterocycles. The first-order valence-corrected chi connectivity index (χ1v) is 26.1. The predicted molar refractivity (Wildman–Crippen MR) is 295 cm³/mol. The Kier molecular flexibility index (Phi) is 19.1. The minimum atomic E-state index is -4.39. The van der Waals surface area contributed by atoms with Gasteiger partial charge in [0.1, 0.15) is 38.8 Å². The van der Waals surface area contributed by atoms with Crippen molar-refractivity contribution in [3.05, 3.63) is 168 Å². The Bertz CT molecular complexity index is 3450. The standard InChI is InChI=1S/C21H18F3N5.C14H13ClN4.C9H14N2.C7H9N.C6H2Cl2N2/c1-13-20(29-9-3-2-4-19(29)26-13)17-10-14(12-25)11-18(28-17)27-16-7-5-15(6-8-16)21(22,23)24;1-9-14(19-5-3-2-4-13(19)17-9)11-6-10(8-16)7-12(15)18-11;1-7-8(2)11-6-4-3-5-9(11)10-7;1-6-2-4-7(8)5-3-6;7-5-1-4(3-9)2-6(8)10-5/h5-8,10-11H,2-4,9H2,1H3,(H,27,28);6-7H,2-5H2,1H3;3-6H2,1-2H3;2-5H,8H2,1H3;1-2H. The number of nitriles is 3. The lowest BCUT2D eigenvalue weighted by Crippen LogP contribution is -2.12. The van der Waals surface area contributed by atoms with Crippen molar-refractivity contribution in [2.45, 2.75) is 118 Å². The van der Waals surface area contributed by atoms with Crippen molar-refractivity contribution in [3.8, 4) is 41.0 Å². The highest BCUT2D eigenvalue weighted by atomic mass is 35.5. The first kappa shape index (κ1) is 57.0. The van der Waals surface area contributed by atoms with Crippen LogP contribution in [0.15, 0.2) is 84.9 Å². The van der Waals surface area contributed by atoms with Crippen molar-refractivity contribution in [1.29, 1.82) is 15.8 Å². The third-order valence-corrected chi connectivity index (χ3v) is 13.5. The molecule has 0 radical (unpaired) electrons. The fourth-order valence-corrected chi connectivity index (χ4v) is 9.76. The summed E-state index contributed by atoms with van der Waals surface area (Å²) in [4.78, 5) is 26.4. The molecule has 0 spiro atoms. The number of pyridine rings is 3. The van der Waals surface area contributed by atoms with Gasteiger partial charge in [-0.25, -0.2) is 29.9 Å². The highest BCUT2D eigenvalue weighted by molar-refractivity contribution is 6.32. The molecule has 77 heavy (non-hydrogen) atoms. The van der Waals surface area contributed by atoms with Gasteiger partial charge in [-0.15, -0.1) is 0 Å². The van der Waals surface area contributed by atoms with Crippen LogP contribution in [0.1, 0.15) is 107 Å². The smallest absolute Gasteiger partial charge is 0.399 e. The number of hydrogen-bond acceptors (Lipinski definition) is 11. The number of benzene rings is 2. The molecule has 14 nitrogen and oxygen atoms in total. The maximum atomic E-state index is 12.8. The summed E-state index contributed by atoms with van der Waals surface area (Å²) < 4.78 is 45.0. The number of imidazole rings is 3. The number of aromatic nitrogens is 9. The lowest BCUT2D eigenvalue weighted by Gasteiger charge is -2.17. The highest BCUT2D eigenvalue weighted by Crippen LogP contribution is 2.33. The molecule has 8 aromatic rings. The van der Waals surface area contributed by atoms with Crippen molar-refractivity contribution in [1.82, 2.24) is 43.6 Å². The van der Waals surface area contributed by atoms with Crippen LogP contribution in [0.2, 0.25) is 15.5 Å². The Balaban J connectivity index is 0.000000153. The van der Waals surface area contributed by atoms with Crippen LogP contribution >= 0.6 is 34.8 Å². The summed E-state index contributed by atoms with van der Waals surface area (Å²) in [6, 6.07) is 28.2. The molecule has 0 fully saturated rings. The monoisotopic (exact) mass is 1100 g/mol. The quantitative estimate of drug-likeness (QED) is 0.125. The molecule has 3 aliphatic rings. The Morgan fingerprint density at radius 2 is 0.948 bits per heavy atom. The number of alkyl halides is 3. The molecular weight excluding hydrogens is 1040 g/mol. The Labute approximate surface area is 461 Å². The molecule has 3 N–H and O–H groups in total. The molecule has 0 atom stereocenters. The van der Waals surface area contributed by atoms with Crippen LogP contribution in [0.3, 0.4) is 0 Å². The van der Waals surface area contributed by atoms with E-state index >= 15 is 0 Å². The van der Waals surface area contributed by atoms with E-state index < -0.39 is 11.7 Å². The average molecular weight is 1100 g/mol.